The number of pyridine rings is 1. The molecule has 0 fully saturated rings. The summed E-state index contributed by atoms with van der Waals surface area (Å²) >= 11 is 0. The van der Waals surface area contributed by atoms with Crippen LogP contribution in [0.5, 0.6) is 0 Å². The van der Waals surface area contributed by atoms with Gasteiger partial charge in [-0.15, -0.1) is 0 Å². The first-order chi connectivity index (χ1) is 7.74. The van der Waals surface area contributed by atoms with Gasteiger partial charge in [0.1, 0.15) is 0 Å². The summed E-state index contributed by atoms with van der Waals surface area (Å²) in [5.41, 5.74) is 3.54. The minimum Gasteiger partial charge on any atom is -0.334 e. The Bertz CT molecular complexity index is 426. The van der Waals surface area contributed by atoms with Crippen molar-refractivity contribution in [3.63, 3.8) is 0 Å². The van der Waals surface area contributed by atoms with Crippen molar-refractivity contribution in [2.24, 2.45) is 0 Å². The first kappa shape index (κ1) is 10.9. The Morgan fingerprint density at radius 3 is 3.19 bits per heavy atom. The molecule has 1 aliphatic rings. The van der Waals surface area contributed by atoms with Gasteiger partial charge in [-0.25, -0.2) is 0 Å². The van der Waals surface area contributed by atoms with Crippen molar-refractivity contribution in [2.75, 3.05) is 6.54 Å². The zero-order valence-electron chi connectivity index (χ0n) is 9.57. The number of amides is 1. The monoisotopic (exact) mass is 216 g/mol. The molecule has 1 aromatic rings. The van der Waals surface area contributed by atoms with Crippen LogP contribution < -0.4 is 0 Å². The molecule has 0 saturated carbocycles. The molecular formula is C13H16N2O. The van der Waals surface area contributed by atoms with E-state index in [1.165, 1.54) is 17.2 Å². The highest BCUT2D eigenvalue weighted by Gasteiger charge is 2.19. The van der Waals surface area contributed by atoms with Gasteiger partial charge >= 0.3 is 0 Å². The standard InChI is InChI=1S/C13H16N2O/c1-3-10-7-11-9-15(13(16)4-2)6-5-12(11)14-8-10/h4,7-8H,2-3,5-6,9H2,1H3. The highest BCUT2D eigenvalue weighted by atomic mass is 16.2. The molecule has 0 unspecified atom stereocenters. The maximum atomic E-state index is 11.5. The fourth-order valence-electron chi connectivity index (χ4n) is 1.99. The van der Waals surface area contributed by atoms with Crippen LogP contribution in [0.2, 0.25) is 0 Å². The topological polar surface area (TPSA) is 33.2 Å². The largest absolute Gasteiger partial charge is 0.334 e. The minimum atomic E-state index is 0.00699. The zero-order chi connectivity index (χ0) is 11.5. The lowest BCUT2D eigenvalue weighted by atomic mass is 10.0. The number of aryl methyl sites for hydroxylation is 1. The van der Waals surface area contributed by atoms with Gasteiger partial charge in [0.05, 0.1) is 0 Å². The SMILES string of the molecule is C=CC(=O)N1CCc2ncc(CC)cc2C1. The lowest BCUT2D eigenvalue weighted by Gasteiger charge is -2.27. The van der Waals surface area contributed by atoms with E-state index in [4.69, 9.17) is 0 Å². The molecule has 0 saturated heterocycles. The average molecular weight is 216 g/mol. The molecule has 0 aromatic carbocycles. The third-order valence-electron chi connectivity index (χ3n) is 2.99. The molecule has 1 amide bonds. The van der Waals surface area contributed by atoms with Gasteiger partial charge in [-0.2, -0.15) is 0 Å². The number of carbonyl (C=O) groups excluding carboxylic acids is 1. The van der Waals surface area contributed by atoms with Crippen molar-refractivity contribution in [3.05, 3.63) is 41.7 Å². The van der Waals surface area contributed by atoms with Crippen molar-refractivity contribution >= 4 is 5.91 Å². The summed E-state index contributed by atoms with van der Waals surface area (Å²) in [5.74, 6) is 0.00699. The molecule has 0 radical (unpaired) electrons. The Balaban J connectivity index is 2.24. The maximum absolute atomic E-state index is 11.5. The fraction of sp³-hybridized carbons (Fsp3) is 0.385. The van der Waals surface area contributed by atoms with Gasteiger partial charge < -0.3 is 4.90 Å². The first-order valence-electron chi connectivity index (χ1n) is 5.62. The van der Waals surface area contributed by atoms with Crippen LogP contribution in [-0.4, -0.2) is 22.3 Å². The van der Waals surface area contributed by atoms with Gasteiger partial charge in [0, 0.05) is 31.4 Å². The number of carbonyl (C=O) groups is 1. The number of rotatable bonds is 2. The second kappa shape index (κ2) is 4.47. The summed E-state index contributed by atoms with van der Waals surface area (Å²) in [5, 5.41) is 0. The fourth-order valence-corrected chi connectivity index (χ4v) is 1.99. The maximum Gasteiger partial charge on any atom is 0.246 e. The third kappa shape index (κ3) is 1.98. The summed E-state index contributed by atoms with van der Waals surface area (Å²) in [7, 11) is 0. The lowest BCUT2D eigenvalue weighted by molar-refractivity contribution is -0.126. The van der Waals surface area contributed by atoms with Crippen LogP contribution in [-0.2, 0) is 24.2 Å². The Kier molecular flexibility index (Phi) is 3.04. The van der Waals surface area contributed by atoms with Crippen LogP contribution in [0.1, 0.15) is 23.7 Å². The summed E-state index contributed by atoms with van der Waals surface area (Å²) in [6.45, 7) is 7.04. The quantitative estimate of drug-likeness (QED) is 0.705. The molecule has 84 valence electrons. The van der Waals surface area contributed by atoms with Crippen LogP contribution in [0.15, 0.2) is 24.9 Å². The predicted molar refractivity (Wildman–Crippen MR) is 62.9 cm³/mol. The van der Waals surface area contributed by atoms with Crippen LogP contribution in [0.4, 0.5) is 0 Å². The van der Waals surface area contributed by atoms with E-state index in [1.807, 2.05) is 11.1 Å². The van der Waals surface area contributed by atoms with Crippen molar-refractivity contribution < 1.29 is 4.79 Å². The Hall–Kier alpha value is -1.64. The normalized spacial score (nSPS) is 14.4. The van der Waals surface area contributed by atoms with E-state index in [0.29, 0.717) is 6.54 Å². The van der Waals surface area contributed by atoms with Crippen LogP contribution >= 0.6 is 0 Å². The Labute approximate surface area is 95.8 Å². The van der Waals surface area contributed by atoms with Gasteiger partial charge in [0.25, 0.3) is 0 Å². The van der Waals surface area contributed by atoms with E-state index in [2.05, 4.69) is 24.6 Å². The number of hydrogen-bond donors (Lipinski definition) is 0. The Morgan fingerprint density at radius 2 is 2.50 bits per heavy atom. The molecule has 3 heteroatoms. The third-order valence-corrected chi connectivity index (χ3v) is 2.99. The second-order valence-electron chi connectivity index (χ2n) is 4.02. The summed E-state index contributed by atoms with van der Waals surface area (Å²) in [4.78, 5) is 17.8. The molecule has 1 aromatic heterocycles. The highest BCUT2D eigenvalue weighted by molar-refractivity contribution is 5.87. The van der Waals surface area contributed by atoms with Gasteiger partial charge in [-0.1, -0.05) is 19.6 Å². The van der Waals surface area contributed by atoms with Gasteiger partial charge in [-0.05, 0) is 23.6 Å². The minimum absolute atomic E-state index is 0.00699. The molecule has 1 aliphatic heterocycles. The van der Waals surface area contributed by atoms with E-state index in [9.17, 15) is 4.79 Å². The van der Waals surface area contributed by atoms with Crippen molar-refractivity contribution in [3.8, 4) is 0 Å². The van der Waals surface area contributed by atoms with Crippen LogP contribution in [0, 0.1) is 0 Å². The van der Waals surface area contributed by atoms with E-state index < -0.39 is 0 Å². The summed E-state index contributed by atoms with van der Waals surface area (Å²) < 4.78 is 0. The van der Waals surface area contributed by atoms with Crippen molar-refractivity contribution in [1.82, 2.24) is 9.88 Å². The van der Waals surface area contributed by atoms with Crippen LogP contribution in [0.3, 0.4) is 0 Å². The van der Waals surface area contributed by atoms with Crippen LogP contribution in [0.25, 0.3) is 0 Å². The molecule has 2 heterocycles. The van der Waals surface area contributed by atoms with Gasteiger partial charge in [0.15, 0.2) is 0 Å². The zero-order valence-corrected chi connectivity index (χ0v) is 9.57. The molecule has 16 heavy (non-hydrogen) atoms. The molecule has 2 rings (SSSR count). The van der Waals surface area contributed by atoms with Crippen molar-refractivity contribution in [1.29, 1.82) is 0 Å². The Morgan fingerprint density at radius 1 is 1.69 bits per heavy atom. The molecule has 0 bridgehead atoms. The van der Waals surface area contributed by atoms with E-state index >= 15 is 0 Å². The highest BCUT2D eigenvalue weighted by Crippen LogP contribution is 2.18. The molecule has 0 N–H and O–H groups in total. The molecule has 0 atom stereocenters. The van der Waals surface area contributed by atoms with Gasteiger partial charge in [0.2, 0.25) is 5.91 Å². The first-order valence-corrected chi connectivity index (χ1v) is 5.62. The molecule has 0 spiro atoms. The summed E-state index contributed by atoms with van der Waals surface area (Å²) in [6.07, 6.45) is 5.14. The summed E-state index contributed by atoms with van der Waals surface area (Å²) in [6, 6.07) is 2.16. The number of hydrogen-bond acceptors (Lipinski definition) is 2. The van der Waals surface area contributed by atoms with E-state index in [1.54, 1.807) is 0 Å². The average Bonchev–Trinajstić information content (AvgIpc) is 2.36. The molecule has 0 aliphatic carbocycles. The van der Waals surface area contributed by atoms with Gasteiger partial charge in [-0.3, -0.25) is 9.78 Å². The second-order valence-corrected chi connectivity index (χ2v) is 4.02. The van der Waals surface area contributed by atoms with Crippen molar-refractivity contribution in [2.45, 2.75) is 26.3 Å². The number of aromatic nitrogens is 1. The van der Waals surface area contributed by atoms with E-state index in [-0.39, 0.29) is 5.91 Å². The van der Waals surface area contributed by atoms with E-state index in [0.717, 1.165) is 25.1 Å². The predicted octanol–water partition coefficient (Wildman–Crippen LogP) is 1.71. The smallest absolute Gasteiger partial charge is 0.246 e. The number of fused-ring (bicyclic) bond motifs is 1. The number of nitrogens with zero attached hydrogens (tertiary/aromatic N) is 2. The molecule has 3 nitrogen and oxygen atoms in total. The molecular weight excluding hydrogens is 200 g/mol. The lowest BCUT2D eigenvalue weighted by Crippen LogP contribution is -2.35.